The molecule has 0 bridgehead atoms. The highest BCUT2D eigenvalue weighted by molar-refractivity contribution is 7.85. The number of carbonyl (C=O) groups excluding carboxylic acids is 1. The van der Waals surface area contributed by atoms with Gasteiger partial charge in [0.15, 0.2) is 0 Å². The van der Waals surface area contributed by atoms with Crippen molar-refractivity contribution in [3.8, 4) is 5.75 Å². The van der Waals surface area contributed by atoms with Crippen LogP contribution in [0.2, 0.25) is 0 Å². The second kappa shape index (κ2) is 7.85. The van der Waals surface area contributed by atoms with Crippen LogP contribution in [0.1, 0.15) is 52.4 Å². The van der Waals surface area contributed by atoms with Gasteiger partial charge in [0.25, 0.3) is 10.1 Å². The molecule has 7 heteroatoms. The Balaban J connectivity index is 1.92. The van der Waals surface area contributed by atoms with Crippen molar-refractivity contribution in [2.75, 3.05) is 0 Å². The van der Waals surface area contributed by atoms with E-state index >= 15 is 0 Å². The largest absolute Gasteiger partial charge is 0.426 e. The van der Waals surface area contributed by atoms with E-state index in [0.717, 1.165) is 12.8 Å². The van der Waals surface area contributed by atoms with Gasteiger partial charge in [0.1, 0.15) is 5.75 Å². The molecule has 25 heavy (non-hydrogen) atoms. The predicted octanol–water partition coefficient (Wildman–Crippen LogP) is 3.20. The predicted molar refractivity (Wildman–Crippen MR) is 92.9 cm³/mol. The summed E-state index contributed by atoms with van der Waals surface area (Å²) in [4.78, 5) is 12.1. The van der Waals surface area contributed by atoms with Crippen LogP contribution in [0.3, 0.4) is 0 Å². The lowest BCUT2D eigenvalue weighted by Gasteiger charge is -2.28. The number of benzene rings is 1. The lowest BCUT2D eigenvalue weighted by Crippen LogP contribution is -2.29. The quantitative estimate of drug-likeness (QED) is 0.434. The standard InChI is InChI=1S/C18H26O6S/c1-3-18(20,4-2)12-13-5-6-14(11-13)17(19)24-15-7-9-16(10-8-15)25(21,22)23/h7-10,13-14,20H,3-6,11-12H2,1-2H3,(H,21,22,23). The van der Waals surface area contributed by atoms with Gasteiger partial charge in [-0.2, -0.15) is 8.42 Å². The Morgan fingerprint density at radius 1 is 1.20 bits per heavy atom. The van der Waals surface area contributed by atoms with Crippen molar-refractivity contribution in [2.45, 2.75) is 62.9 Å². The Labute approximate surface area is 149 Å². The number of esters is 1. The van der Waals surface area contributed by atoms with Gasteiger partial charge in [-0.25, -0.2) is 0 Å². The first-order chi connectivity index (χ1) is 11.7. The monoisotopic (exact) mass is 370 g/mol. The molecule has 6 nitrogen and oxygen atoms in total. The Hall–Kier alpha value is -1.44. The summed E-state index contributed by atoms with van der Waals surface area (Å²) in [5.74, 6) is 0.0201. The van der Waals surface area contributed by atoms with Crippen LogP contribution >= 0.6 is 0 Å². The molecule has 1 aliphatic carbocycles. The Morgan fingerprint density at radius 3 is 2.32 bits per heavy atom. The van der Waals surface area contributed by atoms with Crippen LogP contribution < -0.4 is 4.74 Å². The van der Waals surface area contributed by atoms with Crippen LogP contribution in [0, 0.1) is 11.8 Å². The normalized spacial score (nSPS) is 21.3. The van der Waals surface area contributed by atoms with Crippen LogP contribution in [0.25, 0.3) is 0 Å². The Kier molecular flexibility index (Phi) is 6.24. The molecule has 1 saturated carbocycles. The first-order valence-electron chi connectivity index (χ1n) is 8.68. The molecule has 2 rings (SSSR count). The van der Waals surface area contributed by atoms with Gasteiger partial charge in [-0.05, 0) is 68.7 Å². The van der Waals surface area contributed by atoms with Crippen LogP contribution in [-0.2, 0) is 14.9 Å². The van der Waals surface area contributed by atoms with E-state index in [0.29, 0.717) is 31.6 Å². The van der Waals surface area contributed by atoms with Crippen LogP contribution in [0.15, 0.2) is 29.2 Å². The lowest BCUT2D eigenvalue weighted by atomic mass is 9.85. The van der Waals surface area contributed by atoms with Crippen molar-refractivity contribution < 1.29 is 27.6 Å². The topological polar surface area (TPSA) is 101 Å². The van der Waals surface area contributed by atoms with E-state index in [2.05, 4.69) is 0 Å². The zero-order chi connectivity index (χ0) is 18.7. The minimum absolute atomic E-state index is 0.204. The first kappa shape index (κ1) is 19.9. The minimum atomic E-state index is -4.26. The molecule has 0 amide bonds. The third-order valence-corrected chi connectivity index (χ3v) is 6.07. The summed E-state index contributed by atoms with van der Waals surface area (Å²) in [6.07, 6.45) is 4.43. The average molecular weight is 370 g/mol. The Morgan fingerprint density at radius 2 is 1.80 bits per heavy atom. The van der Waals surface area contributed by atoms with E-state index in [1.807, 2.05) is 13.8 Å². The number of ether oxygens (including phenoxy) is 1. The molecule has 140 valence electrons. The molecule has 1 aliphatic rings. The summed E-state index contributed by atoms with van der Waals surface area (Å²) in [5, 5.41) is 10.5. The van der Waals surface area contributed by atoms with Gasteiger partial charge in [0.2, 0.25) is 0 Å². The molecule has 0 spiro atoms. The fourth-order valence-corrected chi connectivity index (χ4v) is 3.91. The zero-order valence-electron chi connectivity index (χ0n) is 14.6. The summed E-state index contributed by atoms with van der Waals surface area (Å²) >= 11 is 0. The fraction of sp³-hybridized carbons (Fsp3) is 0.611. The zero-order valence-corrected chi connectivity index (χ0v) is 15.5. The summed E-state index contributed by atoms with van der Waals surface area (Å²) in [7, 11) is -4.26. The van der Waals surface area contributed by atoms with Crippen LogP contribution in [-0.4, -0.2) is 29.6 Å². The molecule has 0 aromatic heterocycles. The second-order valence-electron chi connectivity index (χ2n) is 6.88. The van der Waals surface area contributed by atoms with Crippen molar-refractivity contribution in [3.05, 3.63) is 24.3 Å². The van der Waals surface area contributed by atoms with Gasteiger partial charge in [-0.1, -0.05) is 13.8 Å². The van der Waals surface area contributed by atoms with E-state index in [-0.39, 0.29) is 22.5 Å². The molecule has 1 fully saturated rings. The maximum absolute atomic E-state index is 12.3. The van der Waals surface area contributed by atoms with E-state index in [1.54, 1.807) is 0 Å². The van der Waals surface area contributed by atoms with Gasteiger partial charge >= 0.3 is 5.97 Å². The highest BCUT2D eigenvalue weighted by Crippen LogP contribution is 2.38. The average Bonchev–Trinajstić information content (AvgIpc) is 3.02. The number of aliphatic hydroxyl groups is 1. The van der Waals surface area contributed by atoms with E-state index in [4.69, 9.17) is 9.29 Å². The number of hydrogen-bond donors (Lipinski definition) is 2. The Bertz CT molecular complexity index is 691. The molecule has 0 radical (unpaired) electrons. The number of rotatable bonds is 7. The molecule has 0 aliphatic heterocycles. The summed E-state index contributed by atoms with van der Waals surface area (Å²) in [6, 6.07) is 5.08. The molecular formula is C18H26O6S. The molecule has 0 heterocycles. The van der Waals surface area contributed by atoms with Gasteiger partial charge < -0.3 is 9.84 Å². The summed E-state index contributed by atoms with van der Waals surface area (Å²) in [6.45, 7) is 3.95. The number of hydrogen-bond acceptors (Lipinski definition) is 5. The highest BCUT2D eigenvalue weighted by Gasteiger charge is 2.35. The van der Waals surface area contributed by atoms with Crippen LogP contribution in [0.4, 0.5) is 0 Å². The summed E-state index contributed by atoms with van der Waals surface area (Å²) in [5.41, 5.74) is -0.658. The van der Waals surface area contributed by atoms with Gasteiger partial charge in [-0.15, -0.1) is 0 Å². The third kappa shape index (κ3) is 5.26. The lowest BCUT2D eigenvalue weighted by molar-refractivity contribution is -0.138. The van der Waals surface area contributed by atoms with E-state index in [1.165, 1.54) is 24.3 Å². The number of carbonyl (C=O) groups is 1. The highest BCUT2D eigenvalue weighted by atomic mass is 32.2. The van der Waals surface area contributed by atoms with Gasteiger partial charge in [-0.3, -0.25) is 9.35 Å². The SMILES string of the molecule is CCC(O)(CC)CC1CCC(C(=O)Oc2ccc(S(=O)(=O)O)cc2)C1. The van der Waals surface area contributed by atoms with Crippen molar-refractivity contribution >= 4 is 16.1 Å². The van der Waals surface area contributed by atoms with Gasteiger partial charge in [0.05, 0.1) is 16.4 Å². The van der Waals surface area contributed by atoms with Crippen molar-refractivity contribution in [2.24, 2.45) is 11.8 Å². The first-order valence-corrected chi connectivity index (χ1v) is 10.1. The maximum atomic E-state index is 12.3. The molecule has 1 aromatic rings. The molecular weight excluding hydrogens is 344 g/mol. The maximum Gasteiger partial charge on any atom is 0.314 e. The van der Waals surface area contributed by atoms with E-state index < -0.39 is 15.7 Å². The molecule has 2 unspecified atom stereocenters. The fourth-order valence-electron chi connectivity index (χ4n) is 3.43. The molecule has 2 atom stereocenters. The molecule has 0 saturated heterocycles. The van der Waals surface area contributed by atoms with Crippen molar-refractivity contribution in [3.63, 3.8) is 0 Å². The third-order valence-electron chi connectivity index (χ3n) is 5.20. The smallest absolute Gasteiger partial charge is 0.314 e. The van der Waals surface area contributed by atoms with Gasteiger partial charge in [0, 0.05) is 0 Å². The van der Waals surface area contributed by atoms with Crippen molar-refractivity contribution in [1.82, 2.24) is 0 Å². The van der Waals surface area contributed by atoms with Crippen molar-refractivity contribution in [1.29, 1.82) is 0 Å². The summed E-state index contributed by atoms with van der Waals surface area (Å²) < 4.78 is 36.3. The molecule has 1 aromatic carbocycles. The molecule has 2 N–H and O–H groups in total. The van der Waals surface area contributed by atoms with Crippen LogP contribution in [0.5, 0.6) is 5.75 Å². The minimum Gasteiger partial charge on any atom is -0.426 e. The van der Waals surface area contributed by atoms with E-state index in [9.17, 15) is 18.3 Å². The second-order valence-corrected chi connectivity index (χ2v) is 8.30.